The van der Waals surface area contributed by atoms with E-state index in [2.05, 4.69) is 28.1 Å². The van der Waals surface area contributed by atoms with Gasteiger partial charge in [-0.2, -0.15) is 0 Å². The predicted molar refractivity (Wildman–Crippen MR) is 95.8 cm³/mol. The Morgan fingerprint density at radius 3 is 2.15 bits per heavy atom. The molecule has 4 aliphatic carbocycles. The van der Waals surface area contributed by atoms with E-state index in [4.69, 9.17) is 4.74 Å². The van der Waals surface area contributed by atoms with Gasteiger partial charge in [-0.3, -0.25) is 14.5 Å². The van der Waals surface area contributed by atoms with Crippen LogP contribution in [-0.2, 0) is 14.4 Å². The van der Waals surface area contributed by atoms with Crippen LogP contribution in [0.4, 0.5) is 0 Å². The Balaban J connectivity index is 1.37. The molecule has 2 bridgehead atoms. The molecule has 1 saturated heterocycles. The molecule has 0 spiro atoms. The molecular weight excluding hydrogens is 398 g/mol. The Bertz CT molecular complexity index is 812. The molecule has 26 heavy (non-hydrogen) atoms. The highest BCUT2D eigenvalue weighted by Gasteiger charge is 2.67. The number of benzene rings is 1. The van der Waals surface area contributed by atoms with Gasteiger partial charge in [0.15, 0.2) is 0 Å². The third-order valence-corrected chi connectivity index (χ3v) is 6.99. The fourth-order valence-electron chi connectivity index (χ4n) is 5.17. The van der Waals surface area contributed by atoms with E-state index in [0.29, 0.717) is 17.6 Å². The Hall–Kier alpha value is -1.95. The highest BCUT2D eigenvalue weighted by Crippen LogP contribution is 2.65. The van der Waals surface area contributed by atoms with E-state index in [0.717, 1.165) is 15.8 Å². The Morgan fingerprint density at radius 2 is 1.62 bits per heavy atom. The minimum absolute atomic E-state index is 0.158. The van der Waals surface area contributed by atoms with Crippen molar-refractivity contribution in [1.82, 2.24) is 4.90 Å². The molecule has 6 rings (SSSR count). The number of rotatable bonds is 3. The molecule has 5 nitrogen and oxygen atoms in total. The molecule has 1 aromatic rings. The molecule has 3 fully saturated rings. The second kappa shape index (κ2) is 5.52. The van der Waals surface area contributed by atoms with Gasteiger partial charge in [-0.05, 0) is 61.3 Å². The lowest BCUT2D eigenvalue weighted by Gasteiger charge is -2.37. The zero-order valence-electron chi connectivity index (χ0n) is 14.2. The molecule has 0 N–H and O–H groups in total. The van der Waals surface area contributed by atoms with Crippen molar-refractivity contribution in [3.8, 4) is 5.75 Å². The summed E-state index contributed by atoms with van der Waals surface area (Å²) in [6.45, 7) is 1.57. The normalized spacial score (nSPS) is 37.4. The van der Waals surface area contributed by atoms with Crippen LogP contribution in [0.5, 0.6) is 5.75 Å². The van der Waals surface area contributed by atoms with E-state index in [9.17, 15) is 14.4 Å². The lowest BCUT2D eigenvalue weighted by atomic mass is 9.63. The van der Waals surface area contributed by atoms with E-state index < -0.39 is 12.0 Å². The molecular formula is C20H18BrNO4. The molecule has 2 saturated carbocycles. The number of esters is 1. The average Bonchev–Trinajstić information content (AvgIpc) is 3.41. The molecule has 1 aromatic carbocycles. The SMILES string of the molecule is C[C@@H](C(=O)Oc1ccc(Br)cc1)N1C(=O)[C@@H]2[C@@H]3C=C[C@@H]([C@@H]4C[C@H]34)[C@@H]2C1=O. The summed E-state index contributed by atoms with van der Waals surface area (Å²) in [5, 5.41) is 0. The van der Waals surface area contributed by atoms with Gasteiger partial charge in [0.25, 0.3) is 0 Å². The summed E-state index contributed by atoms with van der Waals surface area (Å²) in [5.41, 5.74) is 0. The Labute approximate surface area is 159 Å². The number of hydrogen-bond acceptors (Lipinski definition) is 4. The summed E-state index contributed by atoms with van der Waals surface area (Å²) in [7, 11) is 0. The van der Waals surface area contributed by atoms with Crippen LogP contribution in [0.25, 0.3) is 0 Å². The third-order valence-electron chi connectivity index (χ3n) is 6.46. The van der Waals surface area contributed by atoms with E-state index in [-0.39, 0.29) is 35.5 Å². The highest BCUT2D eigenvalue weighted by molar-refractivity contribution is 9.10. The first-order valence-corrected chi connectivity index (χ1v) is 9.79. The summed E-state index contributed by atoms with van der Waals surface area (Å²) in [6.07, 6.45) is 5.37. The van der Waals surface area contributed by atoms with Crippen molar-refractivity contribution in [2.75, 3.05) is 0 Å². The van der Waals surface area contributed by atoms with Crippen LogP contribution in [0, 0.1) is 35.5 Å². The van der Waals surface area contributed by atoms with Gasteiger partial charge in [-0.15, -0.1) is 0 Å². The number of ether oxygens (including phenoxy) is 1. The minimum Gasteiger partial charge on any atom is -0.425 e. The van der Waals surface area contributed by atoms with Crippen LogP contribution in [0.2, 0.25) is 0 Å². The van der Waals surface area contributed by atoms with E-state index in [1.54, 1.807) is 31.2 Å². The van der Waals surface area contributed by atoms with Gasteiger partial charge in [0.2, 0.25) is 11.8 Å². The number of allylic oxidation sites excluding steroid dienone is 2. The van der Waals surface area contributed by atoms with Crippen LogP contribution in [0.3, 0.4) is 0 Å². The number of carbonyl (C=O) groups is 3. The van der Waals surface area contributed by atoms with Crippen molar-refractivity contribution in [3.63, 3.8) is 0 Å². The molecule has 1 heterocycles. The van der Waals surface area contributed by atoms with Crippen LogP contribution >= 0.6 is 15.9 Å². The van der Waals surface area contributed by atoms with Gasteiger partial charge in [-0.1, -0.05) is 28.1 Å². The molecule has 0 radical (unpaired) electrons. The number of likely N-dealkylation sites (tertiary alicyclic amines) is 1. The van der Waals surface area contributed by atoms with Gasteiger partial charge < -0.3 is 4.74 Å². The fourth-order valence-corrected chi connectivity index (χ4v) is 5.44. The fraction of sp³-hybridized carbons (Fsp3) is 0.450. The maximum Gasteiger partial charge on any atom is 0.334 e. The molecule has 7 atom stereocenters. The second-order valence-electron chi connectivity index (χ2n) is 7.75. The quantitative estimate of drug-likeness (QED) is 0.329. The minimum atomic E-state index is -0.917. The average molecular weight is 416 g/mol. The van der Waals surface area contributed by atoms with Crippen LogP contribution in [0.1, 0.15) is 13.3 Å². The number of carbonyl (C=O) groups excluding carboxylic acids is 3. The summed E-state index contributed by atoms with van der Waals surface area (Å²) in [5.74, 6) is 0.240. The van der Waals surface area contributed by atoms with E-state index >= 15 is 0 Å². The topological polar surface area (TPSA) is 63.7 Å². The van der Waals surface area contributed by atoms with E-state index in [1.807, 2.05) is 0 Å². The molecule has 0 unspecified atom stereocenters. The number of hydrogen-bond donors (Lipinski definition) is 0. The number of halogens is 1. The number of nitrogens with zero attached hydrogens (tertiary/aromatic N) is 1. The van der Waals surface area contributed by atoms with Crippen molar-refractivity contribution in [2.45, 2.75) is 19.4 Å². The molecule has 2 amide bonds. The highest BCUT2D eigenvalue weighted by atomic mass is 79.9. The second-order valence-corrected chi connectivity index (χ2v) is 8.67. The summed E-state index contributed by atoms with van der Waals surface area (Å²) < 4.78 is 6.25. The summed E-state index contributed by atoms with van der Waals surface area (Å²) in [6, 6.07) is 5.95. The first kappa shape index (κ1) is 16.2. The first-order chi connectivity index (χ1) is 12.5. The van der Waals surface area contributed by atoms with Gasteiger partial charge in [0.1, 0.15) is 11.8 Å². The van der Waals surface area contributed by atoms with E-state index in [1.165, 1.54) is 0 Å². The Kier molecular flexibility index (Phi) is 3.45. The van der Waals surface area contributed by atoms with Gasteiger partial charge in [0.05, 0.1) is 11.8 Å². The van der Waals surface area contributed by atoms with Crippen molar-refractivity contribution in [1.29, 1.82) is 0 Å². The van der Waals surface area contributed by atoms with Crippen LogP contribution < -0.4 is 4.74 Å². The van der Waals surface area contributed by atoms with Crippen LogP contribution in [0.15, 0.2) is 40.9 Å². The molecule has 5 aliphatic rings. The van der Waals surface area contributed by atoms with Crippen molar-refractivity contribution in [2.24, 2.45) is 35.5 Å². The molecule has 1 aliphatic heterocycles. The van der Waals surface area contributed by atoms with Crippen LogP contribution in [-0.4, -0.2) is 28.7 Å². The molecule has 6 heteroatoms. The standard InChI is InChI=1S/C20H18BrNO4/c1-9(20(25)26-11-4-2-10(21)3-5-11)22-18(23)16-12-6-7-13(15-8-14(12)15)17(16)19(22)24/h2-7,9,12-17H,8H2,1H3/t9-,12-,13+,14-,15+,16-,17+/m0/s1. The maximum absolute atomic E-state index is 13.0. The first-order valence-electron chi connectivity index (χ1n) is 9.00. The van der Waals surface area contributed by atoms with Gasteiger partial charge in [0, 0.05) is 4.47 Å². The largest absolute Gasteiger partial charge is 0.425 e. The monoisotopic (exact) mass is 415 g/mol. The summed E-state index contributed by atoms with van der Waals surface area (Å²) >= 11 is 3.33. The van der Waals surface area contributed by atoms with Crippen molar-refractivity contribution >= 4 is 33.7 Å². The number of amides is 2. The zero-order valence-corrected chi connectivity index (χ0v) is 15.8. The predicted octanol–water partition coefficient (Wildman–Crippen LogP) is 2.80. The third kappa shape index (κ3) is 2.17. The molecule has 134 valence electrons. The smallest absolute Gasteiger partial charge is 0.334 e. The summed E-state index contributed by atoms with van der Waals surface area (Å²) in [4.78, 5) is 39.7. The zero-order chi connectivity index (χ0) is 18.2. The van der Waals surface area contributed by atoms with Crippen molar-refractivity contribution in [3.05, 3.63) is 40.9 Å². The number of imide groups is 1. The van der Waals surface area contributed by atoms with Crippen molar-refractivity contribution < 1.29 is 19.1 Å². The molecule has 0 aromatic heterocycles. The van der Waals surface area contributed by atoms with Gasteiger partial charge >= 0.3 is 5.97 Å². The lowest BCUT2D eigenvalue weighted by Crippen LogP contribution is -2.45. The van der Waals surface area contributed by atoms with Gasteiger partial charge in [-0.25, -0.2) is 4.79 Å². The maximum atomic E-state index is 13.0. The lowest BCUT2D eigenvalue weighted by molar-refractivity contribution is -0.152. The Morgan fingerprint density at radius 1 is 1.08 bits per heavy atom.